The number of halogens is 2. The second-order valence-electron chi connectivity index (χ2n) is 4.77. The number of nitrogens with zero attached hydrogens (tertiary/aromatic N) is 2. The maximum absolute atomic E-state index is 12.3. The summed E-state index contributed by atoms with van der Waals surface area (Å²) in [4.78, 5) is 28.6. The number of aromatic nitrogens is 1. The summed E-state index contributed by atoms with van der Waals surface area (Å²) in [6.45, 7) is 0. The molecule has 0 saturated heterocycles. The van der Waals surface area contributed by atoms with E-state index in [1.54, 1.807) is 29.8 Å². The van der Waals surface area contributed by atoms with Crippen molar-refractivity contribution in [3.05, 3.63) is 48.9 Å². The van der Waals surface area contributed by atoms with E-state index in [1.807, 2.05) is 0 Å². The Kier molecular flexibility index (Phi) is 4.78. The molecule has 2 aromatic heterocycles. The van der Waals surface area contributed by atoms with Gasteiger partial charge in [0.15, 0.2) is 4.80 Å². The number of hydrogen-bond donors (Lipinski definition) is 0. The van der Waals surface area contributed by atoms with Crippen molar-refractivity contribution in [1.29, 1.82) is 0 Å². The van der Waals surface area contributed by atoms with Crippen LogP contribution in [-0.4, -0.2) is 23.6 Å². The standard InChI is InChI=1S/C15H10Cl2N2O3S2/c1-19-9-4-3-7(14(21)22-2)5-10(9)23-15(19)18-13(20)8-6-11(16)24-12(8)17/h3-6H,1-2H3. The van der Waals surface area contributed by atoms with Gasteiger partial charge < -0.3 is 9.30 Å². The largest absolute Gasteiger partial charge is 0.465 e. The molecule has 9 heteroatoms. The molecule has 0 radical (unpaired) electrons. The van der Waals surface area contributed by atoms with Crippen LogP contribution in [0.1, 0.15) is 20.7 Å². The van der Waals surface area contributed by atoms with Crippen LogP contribution in [0.15, 0.2) is 29.3 Å². The van der Waals surface area contributed by atoms with Gasteiger partial charge in [-0.3, -0.25) is 4.79 Å². The van der Waals surface area contributed by atoms with Crippen LogP contribution in [0.4, 0.5) is 0 Å². The summed E-state index contributed by atoms with van der Waals surface area (Å²) < 4.78 is 8.06. The third-order valence-corrected chi connectivity index (χ3v) is 5.90. The summed E-state index contributed by atoms with van der Waals surface area (Å²) in [6.07, 6.45) is 0. The summed E-state index contributed by atoms with van der Waals surface area (Å²) in [5, 5.41) is 0. The molecule has 0 bridgehead atoms. The van der Waals surface area contributed by atoms with Gasteiger partial charge in [0.2, 0.25) is 0 Å². The normalized spacial score (nSPS) is 11.9. The van der Waals surface area contributed by atoms with Crippen molar-refractivity contribution in [2.24, 2.45) is 12.0 Å². The van der Waals surface area contributed by atoms with Crippen LogP contribution in [0.5, 0.6) is 0 Å². The number of esters is 1. The first kappa shape index (κ1) is 17.2. The minimum absolute atomic E-state index is 0.277. The lowest BCUT2D eigenvalue weighted by molar-refractivity contribution is 0.0601. The Balaban J connectivity index is 2.09. The van der Waals surface area contributed by atoms with Crippen molar-refractivity contribution in [2.75, 3.05) is 7.11 Å². The lowest BCUT2D eigenvalue weighted by Gasteiger charge is -1.99. The molecule has 0 spiro atoms. The minimum Gasteiger partial charge on any atom is -0.465 e. The fraction of sp³-hybridized carbons (Fsp3) is 0.133. The van der Waals surface area contributed by atoms with E-state index in [4.69, 9.17) is 27.9 Å². The van der Waals surface area contributed by atoms with E-state index in [9.17, 15) is 9.59 Å². The van der Waals surface area contributed by atoms with Crippen LogP contribution < -0.4 is 4.80 Å². The van der Waals surface area contributed by atoms with Gasteiger partial charge in [0.05, 0.1) is 32.8 Å². The van der Waals surface area contributed by atoms with Gasteiger partial charge in [0.1, 0.15) is 4.34 Å². The Morgan fingerprint density at radius 1 is 1.21 bits per heavy atom. The Morgan fingerprint density at radius 3 is 2.58 bits per heavy atom. The molecule has 5 nitrogen and oxygen atoms in total. The molecule has 1 amide bonds. The molecule has 0 saturated carbocycles. The predicted molar refractivity (Wildman–Crippen MR) is 96.4 cm³/mol. The lowest BCUT2D eigenvalue weighted by Crippen LogP contribution is -2.13. The van der Waals surface area contributed by atoms with E-state index in [1.165, 1.54) is 24.5 Å². The average Bonchev–Trinajstić information content (AvgIpc) is 3.05. The predicted octanol–water partition coefficient (Wildman–Crippen LogP) is 4.14. The highest BCUT2D eigenvalue weighted by Gasteiger charge is 2.15. The number of hydrogen-bond acceptors (Lipinski definition) is 5. The highest BCUT2D eigenvalue weighted by molar-refractivity contribution is 7.20. The number of benzene rings is 1. The summed E-state index contributed by atoms with van der Waals surface area (Å²) in [5.74, 6) is -0.874. The van der Waals surface area contributed by atoms with Crippen molar-refractivity contribution in [3.8, 4) is 0 Å². The smallest absolute Gasteiger partial charge is 0.337 e. The number of thiazole rings is 1. The molecule has 0 aliphatic rings. The molecule has 0 fully saturated rings. The number of ether oxygens (including phenoxy) is 1. The zero-order valence-electron chi connectivity index (χ0n) is 12.5. The maximum atomic E-state index is 12.3. The van der Waals surface area contributed by atoms with Crippen molar-refractivity contribution < 1.29 is 14.3 Å². The van der Waals surface area contributed by atoms with Crippen LogP contribution in [0.25, 0.3) is 10.2 Å². The Morgan fingerprint density at radius 2 is 1.96 bits per heavy atom. The Labute approximate surface area is 154 Å². The molecule has 2 heterocycles. The van der Waals surface area contributed by atoms with E-state index in [0.717, 1.165) is 21.6 Å². The van der Waals surface area contributed by atoms with Gasteiger partial charge in [-0.05, 0) is 24.3 Å². The molecule has 0 atom stereocenters. The van der Waals surface area contributed by atoms with Crippen LogP contribution >= 0.6 is 45.9 Å². The molecular formula is C15H10Cl2N2O3S2. The molecule has 0 N–H and O–H groups in total. The number of aryl methyl sites for hydroxylation is 1. The SMILES string of the molecule is COC(=O)c1ccc2c(c1)sc(=NC(=O)c1cc(Cl)sc1Cl)n2C. The van der Waals surface area contributed by atoms with Gasteiger partial charge in [-0.25, -0.2) is 4.79 Å². The number of carbonyl (C=O) groups excluding carboxylic acids is 2. The molecule has 3 rings (SSSR count). The molecule has 3 aromatic rings. The van der Waals surface area contributed by atoms with E-state index < -0.39 is 11.9 Å². The quantitative estimate of drug-likeness (QED) is 0.607. The summed E-state index contributed by atoms with van der Waals surface area (Å²) in [7, 11) is 3.13. The number of carbonyl (C=O) groups is 2. The van der Waals surface area contributed by atoms with Gasteiger partial charge in [-0.2, -0.15) is 4.99 Å². The number of rotatable bonds is 2. The number of thiophene rings is 1. The van der Waals surface area contributed by atoms with Crippen LogP contribution in [0.2, 0.25) is 8.67 Å². The molecule has 0 aliphatic carbocycles. The first-order chi connectivity index (χ1) is 11.4. The third kappa shape index (κ3) is 3.12. The monoisotopic (exact) mass is 400 g/mol. The lowest BCUT2D eigenvalue weighted by atomic mass is 10.2. The average molecular weight is 401 g/mol. The molecule has 124 valence electrons. The molecule has 0 unspecified atom stereocenters. The second kappa shape index (κ2) is 6.68. The van der Waals surface area contributed by atoms with Crippen molar-refractivity contribution in [1.82, 2.24) is 4.57 Å². The van der Waals surface area contributed by atoms with Gasteiger partial charge in [0, 0.05) is 7.05 Å². The molecule has 0 aliphatic heterocycles. The molecule has 24 heavy (non-hydrogen) atoms. The highest BCUT2D eigenvalue weighted by Crippen LogP contribution is 2.31. The zero-order chi connectivity index (χ0) is 17.4. The van der Waals surface area contributed by atoms with Gasteiger partial charge >= 0.3 is 5.97 Å². The van der Waals surface area contributed by atoms with E-state index in [2.05, 4.69) is 4.99 Å². The maximum Gasteiger partial charge on any atom is 0.337 e. The Hall–Kier alpha value is -1.67. The Bertz CT molecular complexity index is 1030. The number of methoxy groups -OCH3 is 1. The summed E-state index contributed by atoms with van der Waals surface area (Å²) in [5.41, 5.74) is 1.57. The highest BCUT2D eigenvalue weighted by atomic mass is 35.5. The molecule has 1 aromatic carbocycles. The third-order valence-electron chi connectivity index (χ3n) is 3.31. The van der Waals surface area contributed by atoms with E-state index in [-0.39, 0.29) is 5.56 Å². The van der Waals surface area contributed by atoms with E-state index in [0.29, 0.717) is 19.0 Å². The van der Waals surface area contributed by atoms with E-state index >= 15 is 0 Å². The first-order valence-corrected chi connectivity index (χ1v) is 9.01. The van der Waals surface area contributed by atoms with Crippen LogP contribution in [0.3, 0.4) is 0 Å². The van der Waals surface area contributed by atoms with Gasteiger partial charge in [-0.15, -0.1) is 11.3 Å². The second-order valence-corrected chi connectivity index (χ2v) is 8.07. The van der Waals surface area contributed by atoms with Gasteiger partial charge in [0.25, 0.3) is 5.91 Å². The fourth-order valence-corrected chi connectivity index (χ4v) is 4.62. The van der Waals surface area contributed by atoms with Crippen LogP contribution in [-0.2, 0) is 11.8 Å². The number of fused-ring (bicyclic) bond motifs is 1. The van der Waals surface area contributed by atoms with Crippen molar-refractivity contribution >= 4 is 68.0 Å². The molecular weight excluding hydrogens is 391 g/mol. The minimum atomic E-state index is -0.460. The van der Waals surface area contributed by atoms with Crippen LogP contribution in [0, 0.1) is 0 Å². The van der Waals surface area contributed by atoms with Crippen molar-refractivity contribution in [3.63, 3.8) is 0 Å². The number of amides is 1. The topological polar surface area (TPSA) is 60.7 Å². The van der Waals surface area contributed by atoms with Gasteiger partial charge in [-0.1, -0.05) is 34.5 Å². The summed E-state index contributed by atoms with van der Waals surface area (Å²) in [6, 6.07) is 6.67. The summed E-state index contributed by atoms with van der Waals surface area (Å²) >= 11 is 14.3. The zero-order valence-corrected chi connectivity index (χ0v) is 15.6. The fourth-order valence-electron chi connectivity index (χ4n) is 2.12. The first-order valence-electron chi connectivity index (χ1n) is 6.62. The van der Waals surface area contributed by atoms with Crippen molar-refractivity contribution in [2.45, 2.75) is 0 Å².